The minimum atomic E-state index is -0.330. The third kappa shape index (κ3) is 3.67. The molecule has 0 saturated heterocycles. The van der Waals surface area contributed by atoms with Gasteiger partial charge in [0.2, 0.25) is 5.82 Å². The summed E-state index contributed by atoms with van der Waals surface area (Å²) in [5.41, 5.74) is 0.646. The van der Waals surface area contributed by atoms with Crippen molar-refractivity contribution in [3.05, 3.63) is 75.8 Å². The number of carbonyl (C=O) groups excluding carboxylic acids is 1. The Bertz CT molecular complexity index is 1040. The maximum absolute atomic E-state index is 13.3. The molecule has 0 fully saturated rings. The van der Waals surface area contributed by atoms with Crippen molar-refractivity contribution < 1.29 is 9.18 Å². The summed E-state index contributed by atoms with van der Waals surface area (Å²) in [5.74, 6) is 0.0804. The van der Waals surface area contributed by atoms with Crippen LogP contribution >= 0.6 is 22.7 Å². The number of benzene rings is 1. The predicted octanol–water partition coefficient (Wildman–Crippen LogP) is 4.47. The first-order valence-corrected chi connectivity index (χ1v) is 9.92. The minimum Gasteiger partial charge on any atom is -0.334 e. The summed E-state index contributed by atoms with van der Waals surface area (Å²) >= 11 is 3.10. The molecule has 0 aliphatic carbocycles. The molecule has 0 saturated carbocycles. The zero-order valence-corrected chi connectivity index (χ0v) is 16.0. The van der Waals surface area contributed by atoms with E-state index in [1.807, 2.05) is 35.0 Å². The molecule has 1 amide bonds. The molecule has 0 spiro atoms. The maximum atomic E-state index is 13.3. The fourth-order valence-electron chi connectivity index (χ4n) is 2.61. The van der Waals surface area contributed by atoms with Crippen LogP contribution in [-0.2, 0) is 6.54 Å². The normalized spacial score (nSPS) is 10.9. The lowest BCUT2D eigenvalue weighted by molar-refractivity contribution is 0.0774. The van der Waals surface area contributed by atoms with Crippen molar-refractivity contribution in [2.24, 2.45) is 0 Å². The van der Waals surface area contributed by atoms with Gasteiger partial charge in [-0.25, -0.2) is 14.1 Å². The summed E-state index contributed by atoms with van der Waals surface area (Å²) in [4.78, 5) is 20.9. The highest BCUT2D eigenvalue weighted by molar-refractivity contribution is 7.13. The first kappa shape index (κ1) is 17.6. The van der Waals surface area contributed by atoms with Crippen LogP contribution in [0.25, 0.3) is 16.4 Å². The van der Waals surface area contributed by atoms with Crippen LogP contribution in [0.4, 0.5) is 4.39 Å². The van der Waals surface area contributed by atoms with Crippen molar-refractivity contribution in [3.8, 4) is 16.4 Å². The van der Waals surface area contributed by atoms with Crippen LogP contribution in [-0.4, -0.2) is 32.6 Å². The largest absolute Gasteiger partial charge is 0.334 e. The molecule has 0 unspecified atom stereocenters. The van der Waals surface area contributed by atoms with Crippen LogP contribution in [0.3, 0.4) is 0 Å². The highest BCUT2D eigenvalue weighted by atomic mass is 32.1. The fourth-order valence-corrected chi connectivity index (χ4v) is 4.06. The number of amides is 1. The Hall–Kier alpha value is -2.84. The zero-order valence-electron chi connectivity index (χ0n) is 14.4. The van der Waals surface area contributed by atoms with Crippen molar-refractivity contribution in [2.45, 2.75) is 6.54 Å². The molecule has 0 radical (unpaired) electrons. The molecule has 0 bridgehead atoms. The fraction of sp³-hybridized carbons (Fsp3) is 0.105. The molecule has 136 valence electrons. The van der Waals surface area contributed by atoms with Gasteiger partial charge in [0, 0.05) is 11.9 Å². The molecule has 0 N–H and O–H groups in total. The van der Waals surface area contributed by atoms with Gasteiger partial charge in [0.1, 0.15) is 5.82 Å². The number of aromatic nitrogens is 3. The van der Waals surface area contributed by atoms with Gasteiger partial charge in [-0.1, -0.05) is 12.1 Å². The molecule has 8 heteroatoms. The van der Waals surface area contributed by atoms with Crippen LogP contribution in [0, 0.1) is 5.82 Å². The van der Waals surface area contributed by atoms with Crippen molar-refractivity contribution in [1.29, 1.82) is 0 Å². The Labute approximate surface area is 163 Å². The van der Waals surface area contributed by atoms with E-state index in [9.17, 15) is 9.18 Å². The molecule has 0 aliphatic heterocycles. The van der Waals surface area contributed by atoms with E-state index < -0.39 is 0 Å². The van der Waals surface area contributed by atoms with E-state index in [-0.39, 0.29) is 17.5 Å². The molecular formula is C19H15FN4OS2. The molecule has 4 rings (SSSR count). The van der Waals surface area contributed by atoms with Crippen molar-refractivity contribution in [3.63, 3.8) is 0 Å². The number of thiophene rings is 2. The highest BCUT2D eigenvalue weighted by Gasteiger charge is 2.22. The van der Waals surface area contributed by atoms with E-state index in [1.54, 1.807) is 40.1 Å². The standard InChI is InChI=1S/C19H15FN4OS2/c1-23(12-15-4-2-10-26-15)19(25)17-21-18(16-5-3-11-27-16)24(22-17)14-8-6-13(20)7-9-14/h2-11H,12H2,1H3. The third-order valence-electron chi connectivity index (χ3n) is 3.93. The van der Waals surface area contributed by atoms with E-state index in [1.165, 1.54) is 23.5 Å². The van der Waals surface area contributed by atoms with E-state index >= 15 is 0 Å². The molecule has 27 heavy (non-hydrogen) atoms. The van der Waals surface area contributed by atoms with E-state index in [4.69, 9.17) is 0 Å². The lowest BCUT2D eigenvalue weighted by Crippen LogP contribution is -2.27. The number of halogens is 1. The quantitative estimate of drug-likeness (QED) is 0.498. The number of carbonyl (C=O) groups is 1. The van der Waals surface area contributed by atoms with Crippen molar-refractivity contribution in [2.75, 3.05) is 7.05 Å². The van der Waals surface area contributed by atoms with E-state index in [0.717, 1.165) is 9.75 Å². The summed E-state index contributed by atoms with van der Waals surface area (Å²) in [6.07, 6.45) is 0. The lowest BCUT2D eigenvalue weighted by atomic mass is 10.3. The second-order valence-electron chi connectivity index (χ2n) is 5.87. The first-order chi connectivity index (χ1) is 13.1. The molecule has 4 aromatic rings. The van der Waals surface area contributed by atoms with E-state index in [2.05, 4.69) is 10.1 Å². The second kappa shape index (κ2) is 7.42. The van der Waals surface area contributed by atoms with Crippen molar-refractivity contribution in [1.82, 2.24) is 19.7 Å². The maximum Gasteiger partial charge on any atom is 0.293 e. The monoisotopic (exact) mass is 398 g/mol. The van der Waals surface area contributed by atoms with Gasteiger partial charge in [-0.2, -0.15) is 0 Å². The summed E-state index contributed by atoms with van der Waals surface area (Å²) in [5, 5.41) is 8.33. The first-order valence-electron chi connectivity index (χ1n) is 8.16. The molecule has 1 aromatic carbocycles. The lowest BCUT2D eigenvalue weighted by Gasteiger charge is -2.13. The van der Waals surface area contributed by atoms with Gasteiger partial charge in [0.25, 0.3) is 5.91 Å². The van der Waals surface area contributed by atoms with Gasteiger partial charge in [0.15, 0.2) is 5.82 Å². The Balaban J connectivity index is 1.70. The van der Waals surface area contributed by atoms with Crippen molar-refractivity contribution >= 4 is 28.6 Å². The van der Waals surface area contributed by atoms with Gasteiger partial charge >= 0.3 is 0 Å². The summed E-state index contributed by atoms with van der Waals surface area (Å²) in [6.45, 7) is 0.496. The Kier molecular flexibility index (Phi) is 4.83. The molecule has 0 aliphatic rings. The average molecular weight is 398 g/mol. The topological polar surface area (TPSA) is 51.0 Å². The van der Waals surface area contributed by atoms with Crippen LogP contribution in [0.5, 0.6) is 0 Å². The summed E-state index contributed by atoms with van der Waals surface area (Å²) < 4.78 is 14.9. The number of hydrogen-bond donors (Lipinski definition) is 0. The Morgan fingerprint density at radius 3 is 2.52 bits per heavy atom. The van der Waals surface area contributed by atoms with Crippen LogP contribution in [0.2, 0.25) is 0 Å². The molecule has 3 aromatic heterocycles. The molecule has 3 heterocycles. The third-order valence-corrected chi connectivity index (χ3v) is 5.66. The summed E-state index contributed by atoms with van der Waals surface area (Å²) in [6, 6.07) is 13.7. The van der Waals surface area contributed by atoms with Gasteiger partial charge in [-0.3, -0.25) is 4.79 Å². The smallest absolute Gasteiger partial charge is 0.293 e. The zero-order chi connectivity index (χ0) is 18.8. The minimum absolute atomic E-state index is 0.113. The van der Waals surface area contributed by atoms with Crippen LogP contribution in [0.1, 0.15) is 15.5 Å². The summed E-state index contributed by atoms with van der Waals surface area (Å²) in [7, 11) is 1.73. The number of nitrogens with zero attached hydrogens (tertiary/aromatic N) is 4. The number of hydrogen-bond acceptors (Lipinski definition) is 5. The van der Waals surface area contributed by atoms with Gasteiger partial charge < -0.3 is 4.90 Å². The average Bonchev–Trinajstić information content (AvgIpc) is 3.42. The van der Waals surface area contributed by atoms with Gasteiger partial charge in [0.05, 0.1) is 17.1 Å². The molecular weight excluding hydrogens is 383 g/mol. The SMILES string of the molecule is CN(Cc1cccs1)C(=O)c1nc(-c2cccs2)n(-c2ccc(F)cc2)n1. The highest BCUT2D eigenvalue weighted by Crippen LogP contribution is 2.26. The van der Waals surface area contributed by atoms with Gasteiger partial charge in [-0.15, -0.1) is 27.8 Å². The Morgan fingerprint density at radius 2 is 1.85 bits per heavy atom. The van der Waals surface area contributed by atoms with Crippen LogP contribution < -0.4 is 0 Å². The van der Waals surface area contributed by atoms with Gasteiger partial charge in [-0.05, 0) is 47.2 Å². The van der Waals surface area contributed by atoms with E-state index in [0.29, 0.717) is 18.1 Å². The number of rotatable bonds is 5. The molecule has 0 atom stereocenters. The Morgan fingerprint density at radius 1 is 1.11 bits per heavy atom. The van der Waals surface area contributed by atoms with Crippen LogP contribution in [0.15, 0.2) is 59.3 Å². The molecule has 5 nitrogen and oxygen atoms in total. The second-order valence-corrected chi connectivity index (χ2v) is 7.85. The predicted molar refractivity (Wildman–Crippen MR) is 105 cm³/mol.